The summed E-state index contributed by atoms with van der Waals surface area (Å²) in [6.45, 7) is 8.44. The summed E-state index contributed by atoms with van der Waals surface area (Å²) < 4.78 is 27.5. The Morgan fingerprint density at radius 1 is 1.00 bits per heavy atom. The molecule has 1 aliphatic carbocycles. The van der Waals surface area contributed by atoms with Gasteiger partial charge in [0.25, 0.3) is 0 Å². The largest absolute Gasteiger partial charge is 0.244 e. The standard InChI is InChI=1S/C15H28F2/c1-10(2)5-6-11(3)9-13-8-7-12(4)14(16)15(13)17/h10-15H,5-9H2,1-4H3. The summed E-state index contributed by atoms with van der Waals surface area (Å²) in [6.07, 6.45) is 2.47. The van der Waals surface area contributed by atoms with Crippen molar-refractivity contribution < 1.29 is 8.78 Å². The topological polar surface area (TPSA) is 0 Å². The van der Waals surface area contributed by atoms with Crippen LogP contribution in [0.2, 0.25) is 0 Å². The van der Waals surface area contributed by atoms with E-state index in [4.69, 9.17) is 0 Å². The van der Waals surface area contributed by atoms with Gasteiger partial charge in [-0.15, -0.1) is 0 Å². The molecule has 17 heavy (non-hydrogen) atoms. The maximum atomic E-state index is 13.9. The van der Waals surface area contributed by atoms with Crippen molar-refractivity contribution in [3.63, 3.8) is 0 Å². The van der Waals surface area contributed by atoms with Crippen LogP contribution in [0.5, 0.6) is 0 Å². The van der Waals surface area contributed by atoms with E-state index in [1.54, 1.807) is 0 Å². The second-order valence-corrected chi connectivity index (χ2v) is 6.52. The van der Waals surface area contributed by atoms with Crippen LogP contribution in [0.3, 0.4) is 0 Å². The van der Waals surface area contributed by atoms with E-state index in [0.29, 0.717) is 11.8 Å². The molecule has 0 aromatic heterocycles. The summed E-state index contributed by atoms with van der Waals surface area (Å²) in [6, 6.07) is 0. The average Bonchev–Trinajstić information content (AvgIpc) is 2.27. The van der Waals surface area contributed by atoms with Gasteiger partial charge in [0, 0.05) is 0 Å². The number of hydrogen-bond donors (Lipinski definition) is 0. The van der Waals surface area contributed by atoms with Gasteiger partial charge in [-0.25, -0.2) is 8.78 Å². The van der Waals surface area contributed by atoms with Crippen molar-refractivity contribution in [2.75, 3.05) is 0 Å². The highest BCUT2D eigenvalue weighted by Crippen LogP contribution is 2.37. The zero-order chi connectivity index (χ0) is 13.0. The van der Waals surface area contributed by atoms with Gasteiger partial charge < -0.3 is 0 Å². The van der Waals surface area contributed by atoms with Gasteiger partial charge in [0.2, 0.25) is 0 Å². The smallest absolute Gasteiger partial charge is 0.134 e. The number of alkyl halides is 2. The molecular weight excluding hydrogens is 218 g/mol. The molecular formula is C15H28F2. The Balaban J connectivity index is 2.35. The van der Waals surface area contributed by atoms with E-state index < -0.39 is 12.3 Å². The van der Waals surface area contributed by atoms with E-state index in [1.165, 1.54) is 6.42 Å². The Hall–Kier alpha value is -0.140. The maximum absolute atomic E-state index is 13.9. The van der Waals surface area contributed by atoms with Gasteiger partial charge in [0.1, 0.15) is 12.3 Å². The Labute approximate surface area is 105 Å². The number of hydrogen-bond acceptors (Lipinski definition) is 0. The molecule has 102 valence electrons. The van der Waals surface area contributed by atoms with E-state index in [-0.39, 0.29) is 11.8 Å². The Morgan fingerprint density at radius 2 is 1.65 bits per heavy atom. The highest BCUT2D eigenvalue weighted by molar-refractivity contribution is 4.86. The minimum atomic E-state index is -1.23. The fraction of sp³-hybridized carbons (Fsp3) is 1.00. The van der Waals surface area contributed by atoms with Gasteiger partial charge in [-0.05, 0) is 42.9 Å². The van der Waals surface area contributed by atoms with Crippen LogP contribution in [0.15, 0.2) is 0 Å². The minimum absolute atomic E-state index is 0.0386. The van der Waals surface area contributed by atoms with Crippen LogP contribution < -0.4 is 0 Å². The first-order chi connectivity index (χ1) is 7.91. The monoisotopic (exact) mass is 246 g/mol. The lowest BCUT2D eigenvalue weighted by Crippen LogP contribution is -2.37. The van der Waals surface area contributed by atoms with Crippen molar-refractivity contribution in [3.05, 3.63) is 0 Å². The molecule has 0 bridgehead atoms. The Bertz CT molecular complexity index is 215. The number of halogens is 2. The fourth-order valence-corrected chi connectivity index (χ4v) is 2.87. The Kier molecular flexibility index (Phi) is 5.88. The zero-order valence-electron chi connectivity index (χ0n) is 11.8. The molecule has 0 radical (unpaired) electrons. The van der Waals surface area contributed by atoms with Crippen LogP contribution in [0.25, 0.3) is 0 Å². The SMILES string of the molecule is CC(C)CCC(C)CC1CCC(C)C(F)C1F. The summed E-state index contributed by atoms with van der Waals surface area (Å²) in [5, 5.41) is 0. The van der Waals surface area contributed by atoms with Crippen LogP contribution in [0, 0.1) is 23.7 Å². The van der Waals surface area contributed by atoms with Gasteiger partial charge in [-0.3, -0.25) is 0 Å². The lowest BCUT2D eigenvalue weighted by atomic mass is 9.76. The molecule has 5 unspecified atom stereocenters. The van der Waals surface area contributed by atoms with E-state index in [1.807, 2.05) is 6.92 Å². The van der Waals surface area contributed by atoms with E-state index in [0.717, 1.165) is 25.7 Å². The molecule has 5 atom stereocenters. The van der Waals surface area contributed by atoms with Crippen LogP contribution >= 0.6 is 0 Å². The zero-order valence-corrected chi connectivity index (χ0v) is 11.8. The first-order valence-electron chi connectivity index (χ1n) is 7.20. The van der Waals surface area contributed by atoms with Crippen molar-refractivity contribution >= 4 is 0 Å². The van der Waals surface area contributed by atoms with Gasteiger partial charge in [0.05, 0.1) is 0 Å². The van der Waals surface area contributed by atoms with Gasteiger partial charge in [-0.2, -0.15) is 0 Å². The molecule has 0 nitrogen and oxygen atoms in total. The summed E-state index contributed by atoms with van der Waals surface area (Å²) in [7, 11) is 0. The first kappa shape index (κ1) is 14.9. The average molecular weight is 246 g/mol. The fourth-order valence-electron chi connectivity index (χ4n) is 2.87. The lowest BCUT2D eigenvalue weighted by Gasteiger charge is -2.34. The molecule has 2 heteroatoms. The quantitative estimate of drug-likeness (QED) is 0.627. The Morgan fingerprint density at radius 3 is 2.24 bits per heavy atom. The van der Waals surface area contributed by atoms with Crippen molar-refractivity contribution in [2.24, 2.45) is 23.7 Å². The van der Waals surface area contributed by atoms with Gasteiger partial charge in [-0.1, -0.05) is 40.5 Å². The third-order valence-corrected chi connectivity index (χ3v) is 4.23. The predicted molar refractivity (Wildman–Crippen MR) is 69.5 cm³/mol. The molecule has 0 aliphatic heterocycles. The number of rotatable bonds is 5. The van der Waals surface area contributed by atoms with Crippen LogP contribution in [-0.2, 0) is 0 Å². The first-order valence-corrected chi connectivity index (χ1v) is 7.20. The highest BCUT2D eigenvalue weighted by atomic mass is 19.2. The van der Waals surface area contributed by atoms with Crippen LogP contribution in [0.4, 0.5) is 8.78 Å². The van der Waals surface area contributed by atoms with Crippen molar-refractivity contribution in [1.29, 1.82) is 0 Å². The summed E-state index contributed by atoms with van der Waals surface area (Å²) >= 11 is 0. The summed E-state index contributed by atoms with van der Waals surface area (Å²) in [5.41, 5.74) is 0. The normalized spacial score (nSPS) is 36.2. The van der Waals surface area contributed by atoms with Gasteiger partial charge in [0.15, 0.2) is 0 Å². The minimum Gasteiger partial charge on any atom is -0.244 e. The third kappa shape index (κ3) is 4.56. The molecule has 1 aliphatic rings. The molecule has 1 fully saturated rings. The molecule has 0 saturated heterocycles. The molecule has 0 aromatic rings. The van der Waals surface area contributed by atoms with E-state index in [9.17, 15) is 8.78 Å². The van der Waals surface area contributed by atoms with Crippen molar-refractivity contribution in [3.8, 4) is 0 Å². The second-order valence-electron chi connectivity index (χ2n) is 6.52. The van der Waals surface area contributed by atoms with Crippen molar-refractivity contribution in [1.82, 2.24) is 0 Å². The molecule has 0 N–H and O–H groups in total. The van der Waals surface area contributed by atoms with E-state index >= 15 is 0 Å². The molecule has 0 spiro atoms. The van der Waals surface area contributed by atoms with Gasteiger partial charge >= 0.3 is 0 Å². The van der Waals surface area contributed by atoms with Crippen LogP contribution in [0.1, 0.15) is 59.8 Å². The molecule has 0 aromatic carbocycles. The second kappa shape index (κ2) is 6.70. The third-order valence-electron chi connectivity index (χ3n) is 4.23. The predicted octanol–water partition coefficient (Wildman–Crippen LogP) is 5.17. The molecule has 0 heterocycles. The molecule has 0 amide bonds. The highest BCUT2D eigenvalue weighted by Gasteiger charge is 2.38. The maximum Gasteiger partial charge on any atom is 0.134 e. The van der Waals surface area contributed by atoms with Crippen molar-refractivity contribution in [2.45, 2.75) is 72.1 Å². The van der Waals surface area contributed by atoms with E-state index in [2.05, 4.69) is 20.8 Å². The van der Waals surface area contributed by atoms with Crippen LogP contribution in [-0.4, -0.2) is 12.3 Å². The lowest BCUT2D eigenvalue weighted by molar-refractivity contribution is 0.0200. The summed E-state index contributed by atoms with van der Waals surface area (Å²) in [4.78, 5) is 0. The molecule has 1 saturated carbocycles. The summed E-state index contributed by atoms with van der Waals surface area (Å²) in [5.74, 6) is 1.11. The molecule has 1 rings (SSSR count).